The highest BCUT2D eigenvalue weighted by Crippen LogP contribution is 2.18. The number of aliphatic hydroxyl groups is 1. The molecule has 0 fully saturated rings. The number of hydrogen-bond acceptors (Lipinski definition) is 4. The normalized spacial score (nSPS) is 10.2. The van der Waals surface area contributed by atoms with Crippen LogP contribution in [-0.4, -0.2) is 29.1 Å². The second-order valence-corrected chi connectivity index (χ2v) is 3.96. The maximum absolute atomic E-state index is 13.1. The Bertz CT molecular complexity index is 465. The number of rotatable bonds is 7. The van der Waals surface area contributed by atoms with Crippen LogP contribution in [-0.2, 0) is 0 Å². The predicted octanol–water partition coefficient (Wildman–Crippen LogP) is 1.63. The first-order valence-electron chi connectivity index (χ1n) is 5.89. The number of carbonyl (C=O) groups is 1. The van der Waals surface area contributed by atoms with Crippen molar-refractivity contribution in [2.24, 2.45) is 0 Å². The average molecular weight is 270 g/mol. The largest absolute Gasteiger partial charge is 0.396 e. The van der Waals surface area contributed by atoms with Gasteiger partial charge in [0.15, 0.2) is 0 Å². The number of amides is 1. The Kier molecular flexibility index (Phi) is 5.87. The van der Waals surface area contributed by atoms with Crippen molar-refractivity contribution in [2.75, 3.05) is 13.2 Å². The molecule has 0 aliphatic heterocycles. The lowest BCUT2D eigenvalue weighted by Crippen LogP contribution is -2.24. The molecule has 1 aromatic carbocycles. The van der Waals surface area contributed by atoms with Gasteiger partial charge in [-0.25, -0.2) is 0 Å². The molecule has 0 aliphatic rings. The zero-order chi connectivity index (χ0) is 14.3. The van der Waals surface area contributed by atoms with E-state index in [-0.39, 0.29) is 12.2 Å². The SMILES string of the molecule is O=C(NCCCCCO)c1ccc(F)c([N+](=O)[O-])c1. The summed E-state index contributed by atoms with van der Waals surface area (Å²) < 4.78 is 13.1. The highest BCUT2D eigenvalue weighted by atomic mass is 19.1. The Hall–Kier alpha value is -2.02. The van der Waals surface area contributed by atoms with Gasteiger partial charge in [-0.1, -0.05) is 0 Å². The number of benzene rings is 1. The molecule has 0 saturated heterocycles. The number of nitrogens with one attached hydrogen (secondary N) is 1. The molecule has 0 radical (unpaired) electrons. The number of hydrogen-bond donors (Lipinski definition) is 2. The molecule has 7 heteroatoms. The van der Waals surface area contributed by atoms with Gasteiger partial charge in [0, 0.05) is 24.8 Å². The van der Waals surface area contributed by atoms with Crippen LogP contribution in [0.15, 0.2) is 18.2 Å². The summed E-state index contributed by atoms with van der Waals surface area (Å²) in [6.45, 7) is 0.516. The van der Waals surface area contributed by atoms with Gasteiger partial charge in [0.25, 0.3) is 5.91 Å². The van der Waals surface area contributed by atoms with Gasteiger partial charge in [0.1, 0.15) is 0 Å². The summed E-state index contributed by atoms with van der Waals surface area (Å²) in [6.07, 6.45) is 2.15. The molecule has 0 spiro atoms. The second-order valence-electron chi connectivity index (χ2n) is 3.96. The smallest absolute Gasteiger partial charge is 0.305 e. The summed E-state index contributed by atoms with van der Waals surface area (Å²) in [6, 6.07) is 3.02. The number of aliphatic hydroxyl groups excluding tert-OH is 1. The predicted molar refractivity (Wildman–Crippen MR) is 66.3 cm³/mol. The minimum Gasteiger partial charge on any atom is -0.396 e. The molecule has 0 atom stereocenters. The third-order valence-corrected chi connectivity index (χ3v) is 2.53. The van der Waals surface area contributed by atoms with E-state index in [9.17, 15) is 19.3 Å². The van der Waals surface area contributed by atoms with E-state index in [1.54, 1.807) is 0 Å². The number of halogens is 1. The molecule has 1 aromatic rings. The van der Waals surface area contributed by atoms with Gasteiger partial charge in [-0.2, -0.15) is 4.39 Å². The van der Waals surface area contributed by atoms with Gasteiger partial charge in [-0.3, -0.25) is 14.9 Å². The van der Waals surface area contributed by atoms with Crippen LogP contribution in [0.3, 0.4) is 0 Å². The van der Waals surface area contributed by atoms with Gasteiger partial charge >= 0.3 is 5.69 Å². The molecule has 104 valence electrons. The number of nitro groups is 1. The van der Waals surface area contributed by atoms with Gasteiger partial charge in [0.2, 0.25) is 5.82 Å². The van der Waals surface area contributed by atoms with Crippen molar-refractivity contribution in [3.05, 3.63) is 39.7 Å². The topological polar surface area (TPSA) is 92.5 Å². The van der Waals surface area contributed by atoms with E-state index in [1.165, 1.54) is 6.07 Å². The molecule has 0 bridgehead atoms. The summed E-state index contributed by atoms with van der Waals surface area (Å²) in [4.78, 5) is 21.3. The van der Waals surface area contributed by atoms with E-state index < -0.39 is 22.3 Å². The van der Waals surface area contributed by atoms with Gasteiger partial charge in [-0.05, 0) is 31.4 Å². The summed E-state index contributed by atoms with van der Waals surface area (Å²) in [7, 11) is 0. The number of nitro benzene ring substituents is 1. The van der Waals surface area contributed by atoms with Gasteiger partial charge < -0.3 is 10.4 Å². The number of nitrogens with zero attached hydrogens (tertiary/aromatic N) is 1. The summed E-state index contributed by atoms with van der Waals surface area (Å²) in [5, 5.41) is 21.7. The Morgan fingerprint density at radius 1 is 1.37 bits per heavy atom. The Labute approximate surface area is 109 Å². The van der Waals surface area contributed by atoms with E-state index in [1.807, 2.05) is 0 Å². The monoisotopic (exact) mass is 270 g/mol. The van der Waals surface area contributed by atoms with Crippen LogP contribution in [0, 0.1) is 15.9 Å². The number of unbranched alkanes of at least 4 members (excludes halogenated alkanes) is 2. The average Bonchev–Trinajstić information content (AvgIpc) is 2.38. The van der Waals surface area contributed by atoms with Crippen molar-refractivity contribution in [2.45, 2.75) is 19.3 Å². The zero-order valence-electron chi connectivity index (χ0n) is 10.3. The summed E-state index contributed by atoms with van der Waals surface area (Å²) >= 11 is 0. The van der Waals surface area contributed by atoms with Crippen LogP contribution in [0.2, 0.25) is 0 Å². The van der Waals surface area contributed by atoms with Crippen molar-refractivity contribution in [3.8, 4) is 0 Å². The molecule has 0 aliphatic carbocycles. The summed E-state index contributed by atoms with van der Waals surface area (Å²) in [5.41, 5.74) is -0.664. The molecule has 0 heterocycles. The van der Waals surface area contributed by atoms with Crippen LogP contribution < -0.4 is 5.32 Å². The lowest BCUT2D eigenvalue weighted by molar-refractivity contribution is -0.387. The molecule has 6 nitrogen and oxygen atoms in total. The fraction of sp³-hybridized carbons (Fsp3) is 0.417. The van der Waals surface area contributed by atoms with Crippen molar-refractivity contribution in [3.63, 3.8) is 0 Å². The highest BCUT2D eigenvalue weighted by Gasteiger charge is 2.17. The molecule has 0 aromatic heterocycles. The van der Waals surface area contributed by atoms with Crippen LogP contribution in [0.4, 0.5) is 10.1 Å². The first-order chi connectivity index (χ1) is 9.06. The minimum atomic E-state index is -0.968. The number of carbonyl (C=O) groups excluding carboxylic acids is 1. The molecular formula is C12H15FN2O4. The van der Waals surface area contributed by atoms with Crippen LogP contribution >= 0.6 is 0 Å². The minimum absolute atomic E-state index is 0.0512. The van der Waals surface area contributed by atoms with Crippen molar-refractivity contribution in [1.82, 2.24) is 5.32 Å². The zero-order valence-corrected chi connectivity index (χ0v) is 10.3. The molecule has 0 unspecified atom stereocenters. The maximum Gasteiger partial charge on any atom is 0.305 e. The third-order valence-electron chi connectivity index (χ3n) is 2.53. The molecule has 1 rings (SSSR count). The van der Waals surface area contributed by atoms with E-state index in [4.69, 9.17) is 5.11 Å². The van der Waals surface area contributed by atoms with Crippen LogP contribution in [0.25, 0.3) is 0 Å². The first kappa shape index (κ1) is 15.0. The van der Waals surface area contributed by atoms with E-state index in [0.717, 1.165) is 18.6 Å². The standard InChI is InChI=1S/C12H15FN2O4/c13-10-5-4-9(8-11(10)15(18)19)12(17)14-6-2-1-3-7-16/h4-5,8,16H,1-3,6-7H2,(H,14,17). The first-order valence-corrected chi connectivity index (χ1v) is 5.89. The Morgan fingerprint density at radius 3 is 2.74 bits per heavy atom. The Morgan fingerprint density at radius 2 is 2.11 bits per heavy atom. The molecule has 2 N–H and O–H groups in total. The van der Waals surface area contributed by atoms with Crippen LogP contribution in [0.5, 0.6) is 0 Å². The van der Waals surface area contributed by atoms with Crippen molar-refractivity contribution in [1.29, 1.82) is 0 Å². The van der Waals surface area contributed by atoms with Crippen molar-refractivity contribution < 1.29 is 19.2 Å². The van der Waals surface area contributed by atoms with Crippen molar-refractivity contribution >= 4 is 11.6 Å². The van der Waals surface area contributed by atoms with Crippen LogP contribution in [0.1, 0.15) is 29.6 Å². The second kappa shape index (κ2) is 7.42. The molecular weight excluding hydrogens is 255 g/mol. The van der Waals surface area contributed by atoms with Gasteiger partial charge in [-0.15, -0.1) is 0 Å². The lowest BCUT2D eigenvalue weighted by atomic mass is 10.1. The quantitative estimate of drug-likeness (QED) is 0.447. The highest BCUT2D eigenvalue weighted by molar-refractivity contribution is 5.94. The molecule has 1 amide bonds. The van der Waals surface area contributed by atoms with E-state index in [2.05, 4.69) is 5.32 Å². The fourth-order valence-corrected chi connectivity index (χ4v) is 1.51. The Balaban J connectivity index is 2.57. The summed E-state index contributed by atoms with van der Waals surface area (Å²) in [5.74, 6) is -1.45. The van der Waals surface area contributed by atoms with E-state index in [0.29, 0.717) is 19.4 Å². The molecule has 19 heavy (non-hydrogen) atoms. The lowest BCUT2D eigenvalue weighted by Gasteiger charge is -2.05. The maximum atomic E-state index is 13.1. The van der Waals surface area contributed by atoms with E-state index >= 15 is 0 Å². The van der Waals surface area contributed by atoms with Gasteiger partial charge in [0.05, 0.1) is 4.92 Å². The molecule has 0 saturated carbocycles. The fourth-order valence-electron chi connectivity index (χ4n) is 1.51. The third kappa shape index (κ3) is 4.63.